The third kappa shape index (κ3) is 5.07. The number of amides is 2. The molecule has 1 aromatic heterocycles. The van der Waals surface area contributed by atoms with Crippen molar-refractivity contribution in [3.63, 3.8) is 0 Å². The molecular formula is C23H24N4O3. The Kier molecular flexibility index (Phi) is 6.87. The molecule has 154 valence electrons. The first-order valence-electron chi connectivity index (χ1n) is 9.54. The summed E-state index contributed by atoms with van der Waals surface area (Å²) in [7, 11) is 3.33. The zero-order chi connectivity index (χ0) is 21.5. The van der Waals surface area contributed by atoms with E-state index in [0.29, 0.717) is 41.4 Å². The highest BCUT2D eigenvalue weighted by molar-refractivity contribution is 6.03. The highest BCUT2D eigenvalue weighted by Crippen LogP contribution is 2.20. The van der Waals surface area contributed by atoms with Crippen molar-refractivity contribution in [1.29, 1.82) is 0 Å². The summed E-state index contributed by atoms with van der Waals surface area (Å²) in [5, 5.41) is 2.83. The Morgan fingerprint density at radius 3 is 2.60 bits per heavy atom. The SMILES string of the molecule is COCCN(C)C(=O)c1cccc(-c2cnc(C)c(C(=O)Nc3ccccc3)n2)c1. The van der Waals surface area contributed by atoms with Crippen LogP contribution in [0.5, 0.6) is 0 Å². The fraction of sp³-hybridized carbons (Fsp3) is 0.217. The summed E-state index contributed by atoms with van der Waals surface area (Å²) in [6, 6.07) is 16.3. The number of hydrogen-bond donors (Lipinski definition) is 1. The monoisotopic (exact) mass is 404 g/mol. The van der Waals surface area contributed by atoms with Gasteiger partial charge in [0.1, 0.15) is 5.69 Å². The number of nitrogens with zero attached hydrogens (tertiary/aromatic N) is 3. The lowest BCUT2D eigenvalue weighted by Gasteiger charge is -2.17. The van der Waals surface area contributed by atoms with E-state index in [0.717, 1.165) is 0 Å². The van der Waals surface area contributed by atoms with Crippen LogP contribution in [-0.2, 0) is 4.74 Å². The lowest BCUT2D eigenvalue weighted by atomic mass is 10.1. The molecule has 0 saturated carbocycles. The average Bonchev–Trinajstić information content (AvgIpc) is 2.78. The maximum absolute atomic E-state index is 12.7. The molecule has 0 aliphatic rings. The summed E-state index contributed by atoms with van der Waals surface area (Å²) >= 11 is 0. The smallest absolute Gasteiger partial charge is 0.276 e. The first kappa shape index (κ1) is 21.1. The van der Waals surface area contributed by atoms with E-state index in [9.17, 15) is 9.59 Å². The number of rotatable bonds is 7. The molecule has 3 rings (SSSR count). The van der Waals surface area contributed by atoms with Crippen LogP contribution in [-0.4, -0.2) is 54.0 Å². The number of nitrogens with one attached hydrogen (secondary N) is 1. The number of hydrogen-bond acceptors (Lipinski definition) is 5. The minimum absolute atomic E-state index is 0.115. The topological polar surface area (TPSA) is 84.4 Å². The van der Waals surface area contributed by atoms with Gasteiger partial charge in [-0.1, -0.05) is 30.3 Å². The second kappa shape index (κ2) is 9.76. The Labute approximate surface area is 175 Å². The van der Waals surface area contributed by atoms with Crippen LogP contribution < -0.4 is 5.32 Å². The van der Waals surface area contributed by atoms with E-state index in [1.54, 1.807) is 62.5 Å². The highest BCUT2D eigenvalue weighted by atomic mass is 16.5. The van der Waals surface area contributed by atoms with Gasteiger partial charge in [-0.15, -0.1) is 0 Å². The first-order chi connectivity index (χ1) is 14.5. The van der Waals surface area contributed by atoms with E-state index >= 15 is 0 Å². The first-order valence-corrected chi connectivity index (χ1v) is 9.54. The van der Waals surface area contributed by atoms with Gasteiger partial charge in [-0.2, -0.15) is 0 Å². The van der Waals surface area contributed by atoms with Gasteiger partial charge in [0, 0.05) is 37.5 Å². The van der Waals surface area contributed by atoms with Gasteiger partial charge in [0.25, 0.3) is 11.8 Å². The molecule has 3 aromatic rings. The van der Waals surface area contributed by atoms with Gasteiger partial charge in [-0.3, -0.25) is 14.6 Å². The summed E-state index contributed by atoms with van der Waals surface area (Å²) in [4.78, 5) is 35.8. The molecule has 1 heterocycles. The fourth-order valence-electron chi connectivity index (χ4n) is 2.88. The molecule has 7 heteroatoms. The largest absolute Gasteiger partial charge is 0.383 e. The molecular weight excluding hydrogens is 380 g/mol. The minimum Gasteiger partial charge on any atom is -0.383 e. The van der Waals surface area contributed by atoms with E-state index in [2.05, 4.69) is 15.3 Å². The molecule has 0 unspecified atom stereocenters. The third-order valence-electron chi connectivity index (χ3n) is 4.58. The van der Waals surface area contributed by atoms with Crippen molar-refractivity contribution in [2.24, 2.45) is 0 Å². The molecule has 0 fully saturated rings. The number of likely N-dealkylation sites (N-methyl/N-ethyl adjacent to an activating group) is 1. The fourth-order valence-corrected chi connectivity index (χ4v) is 2.88. The predicted octanol–water partition coefficient (Wildman–Crippen LogP) is 3.42. The van der Waals surface area contributed by atoms with Crippen LogP contribution in [0.2, 0.25) is 0 Å². The zero-order valence-electron chi connectivity index (χ0n) is 17.3. The van der Waals surface area contributed by atoms with Gasteiger partial charge in [0.05, 0.1) is 24.2 Å². The van der Waals surface area contributed by atoms with Gasteiger partial charge >= 0.3 is 0 Å². The van der Waals surface area contributed by atoms with Gasteiger partial charge in [-0.05, 0) is 31.2 Å². The van der Waals surface area contributed by atoms with Crippen molar-refractivity contribution < 1.29 is 14.3 Å². The summed E-state index contributed by atoms with van der Waals surface area (Å²) < 4.78 is 5.03. The van der Waals surface area contributed by atoms with Crippen molar-refractivity contribution >= 4 is 17.5 Å². The van der Waals surface area contributed by atoms with E-state index in [1.165, 1.54) is 0 Å². The standard InChI is InChI=1S/C23H24N4O3/c1-16-21(22(28)25-19-10-5-4-6-11-19)26-20(15-24-16)17-8-7-9-18(14-17)23(29)27(2)12-13-30-3/h4-11,14-15H,12-13H2,1-3H3,(H,25,28). The van der Waals surface area contributed by atoms with Gasteiger partial charge in [-0.25, -0.2) is 4.98 Å². The molecule has 2 aromatic carbocycles. The van der Waals surface area contributed by atoms with Crippen LogP contribution in [0.1, 0.15) is 26.5 Å². The number of anilines is 1. The molecule has 0 spiro atoms. The van der Waals surface area contributed by atoms with Crippen LogP contribution in [0.4, 0.5) is 5.69 Å². The Morgan fingerprint density at radius 2 is 1.87 bits per heavy atom. The van der Waals surface area contributed by atoms with Gasteiger partial charge < -0.3 is 15.0 Å². The summed E-state index contributed by atoms with van der Waals surface area (Å²) in [5.41, 5.74) is 3.21. The Bertz CT molecular complexity index is 1040. The molecule has 0 saturated heterocycles. The van der Waals surface area contributed by atoms with E-state index in [-0.39, 0.29) is 17.5 Å². The van der Waals surface area contributed by atoms with Crippen molar-refractivity contribution in [3.05, 3.63) is 77.7 Å². The summed E-state index contributed by atoms with van der Waals surface area (Å²) in [5.74, 6) is -0.449. The molecule has 30 heavy (non-hydrogen) atoms. The van der Waals surface area contributed by atoms with Crippen molar-refractivity contribution in [3.8, 4) is 11.3 Å². The minimum atomic E-state index is -0.334. The number of benzene rings is 2. The van der Waals surface area contributed by atoms with E-state index in [1.807, 2.05) is 24.3 Å². The lowest BCUT2D eigenvalue weighted by Crippen LogP contribution is -2.29. The average molecular weight is 404 g/mol. The number of carbonyl (C=O) groups excluding carboxylic acids is 2. The number of methoxy groups -OCH3 is 1. The highest BCUT2D eigenvalue weighted by Gasteiger charge is 2.16. The maximum atomic E-state index is 12.7. The van der Waals surface area contributed by atoms with Gasteiger partial charge in [0.2, 0.25) is 0 Å². The molecule has 0 aliphatic carbocycles. The number of aromatic nitrogens is 2. The van der Waals surface area contributed by atoms with Crippen LogP contribution >= 0.6 is 0 Å². The normalized spacial score (nSPS) is 10.5. The molecule has 1 N–H and O–H groups in total. The van der Waals surface area contributed by atoms with Crippen LogP contribution in [0, 0.1) is 6.92 Å². The quantitative estimate of drug-likeness (QED) is 0.652. The summed E-state index contributed by atoms with van der Waals surface area (Å²) in [6.45, 7) is 2.69. The predicted molar refractivity (Wildman–Crippen MR) is 115 cm³/mol. The molecule has 0 aliphatic heterocycles. The van der Waals surface area contributed by atoms with E-state index < -0.39 is 0 Å². The number of ether oxygens (including phenoxy) is 1. The zero-order valence-corrected chi connectivity index (χ0v) is 17.3. The molecule has 0 radical (unpaired) electrons. The molecule has 2 amide bonds. The van der Waals surface area contributed by atoms with E-state index in [4.69, 9.17) is 4.74 Å². The summed E-state index contributed by atoms with van der Waals surface area (Å²) in [6.07, 6.45) is 1.60. The number of carbonyl (C=O) groups is 2. The Hall–Kier alpha value is -3.58. The number of aryl methyl sites for hydroxylation is 1. The Balaban J connectivity index is 1.85. The Morgan fingerprint density at radius 1 is 1.10 bits per heavy atom. The lowest BCUT2D eigenvalue weighted by molar-refractivity contribution is 0.0744. The van der Waals surface area contributed by atoms with Crippen molar-refractivity contribution in [2.75, 3.05) is 32.6 Å². The van der Waals surface area contributed by atoms with Crippen molar-refractivity contribution in [2.45, 2.75) is 6.92 Å². The van der Waals surface area contributed by atoms with Crippen LogP contribution in [0.15, 0.2) is 60.8 Å². The second-order valence-corrected chi connectivity index (χ2v) is 6.81. The number of para-hydroxylation sites is 1. The third-order valence-corrected chi connectivity index (χ3v) is 4.58. The van der Waals surface area contributed by atoms with Crippen LogP contribution in [0.25, 0.3) is 11.3 Å². The molecule has 0 bridgehead atoms. The maximum Gasteiger partial charge on any atom is 0.276 e. The van der Waals surface area contributed by atoms with Gasteiger partial charge in [0.15, 0.2) is 0 Å². The molecule has 0 atom stereocenters. The van der Waals surface area contributed by atoms with Crippen molar-refractivity contribution in [1.82, 2.24) is 14.9 Å². The molecule has 7 nitrogen and oxygen atoms in total. The second-order valence-electron chi connectivity index (χ2n) is 6.81. The van der Waals surface area contributed by atoms with Crippen LogP contribution in [0.3, 0.4) is 0 Å².